The van der Waals surface area contributed by atoms with Gasteiger partial charge in [-0.25, -0.2) is 9.36 Å². The van der Waals surface area contributed by atoms with E-state index in [0.29, 0.717) is 22.3 Å². The highest BCUT2D eigenvalue weighted by Gasteiger charge is 2.14. The summed E-state index contributed by atoms with van der Waals surface area (Å²) in [6.45, 7) is -0.361. The molecule has 3 aromatic rings. The van der Waals surface area contributed by atoms with Gasteiger partial charge in [0.25, 0.3) is 0 Å². The van der Waals surface area contributed by atoms with Crippen molar-refractivity contribution in [1.82, 2.24) is 0 Å². The molecular formula is C28H26NO7+. The van der Waals surface area contributed by atoms with Gasteiger partial charge in [-0.05, 0) is 53.6 Å². The van der Waals surface area contributed by atoms with Crippen LogP contribution in [0.15, 0.2) is 84.9 Å². The number of ether oxygens (including phenoxy) is 2. The molecule has 1 aromatic heterocycles. The Hall–Kier alpha value is -4.69. The lowest BCUT2D eigenvalue weighted by atomic mass is 10.1. The zero-order valence-corrected chi connectivity index (χ0v) is 19.8. The highest BCUT2D eigenvalue weighted by Crippen LogP contribution is 2.27. The largest absolute Gasteiger partial charge is 0.508 e. The fourth-order valence-corrected chi connectivity index (χ4v) is 3.19. The van der Waals surface area contributed by atoms with Gasteiger partial charge in [0.05, 0.1) is 13.7 Å². The van der Waals surface area contributed by atoms with Gasteiger partial charge in [-0.3, -0.25) is 4.79 Å². The van der Waals surface area contributed by atoms with E-state index in [2.05, 4.69) is 0 Å². The lowest BCUT2D eigenvalue weighted by Gasteiger charge is -2.09. The number of aromatic nitrogens is 1. The molecule has 0 atom stereocenters. The Morgan fingerprint density at radius 1 is 1.00 bits per heavy atom. The Labute approximate surface area is 208 Å². The summed E-state index contributed by atoms with van der Waals surface area (Å²) in [5, 5.41) is 29.4. The minimum Gasteiger partial charge on any atom is -0.508 e. The predicted octanol–water partition coefficient (Wildman–Crippen LogP) is 3.67. The second kappa shape index (κ2) is 12.1. The van der Waals surface area contributed by atoms with Crippen LogP contribution >= 0.6 is 0 Å². The lowest BCUT2D eigenvalue weighted by molar-refractivity contribution is -0.671. The van der Waals surface area contributed by atoms with Crippen LogP contribution in [-0.4, -0.2) is 34.2 Å². The number of phenolic OH excluding ortho intramolecular Hbond substituents is 1. The molecule has 3 rings (SSSR count). The molecule has 0 aliphatic carbocycles. The maximum Gasteiger partial charge on any atom is 0.349 e. The highest BCUT2D eigenvalue weighted by molar-refractivity contribution is 6.02. The van der Waals surface area contributed by atoms with E-state index in [0.717, 1.165) is 6.08 Å². The standard InChI is InChI=1S/C28H25NO7/c1-29-13-3-4-21(17-29)28(34)36-26-12-8-19(14-22(26)18-30)5-9-23(31)16-24(32)10-6-20-7-11-25(33)27(15-20)35-2/h3-17,30H,18H2,1-2H3,(H-,31,32,33)/p+1/b9-5+. The summed E-state index contributed by atoms with van der Waals surface area (Å²) >= 11 is 0. The molecule has 0 amide bonds. The maximum atomic E-state index is 12.4. The summed E-state index contributed by atoms with van der Waals surface area (Å²) in [7, 11) is 3.22. The number of carbonyl (C=O) groups is 2. The van der Waals surface area contributed by atoms with E-state index in [1.54, 1.807) is 72.5 Å². The average molecular weight is 489 g/mol. The molecule has 0 aliphatic heterocycles. The molecule has 3 N–H and O–H groups in total. The first kappa shape index (κ1) is 25.9. The normalized spacial score (nSPS) is 11.7. The number of methoxy groups -OCH3 is 1. The van der Waals surface area contributed by atoms with Gasteiger partial charge in [-0.2, -0.15) is 0 Å². The predicted molar refractivity (Wildman–Crippen MR) is 133 cm³/mol. The summed E-state index contributed by atoms with van der Waals surface area (Å²) in [5.74, 6) is -0.783. The third kappa shape index (κ3) is 7.15. The topological polar surface area (TPSA) is 117 Å². The van der Waals surface area contributed by atoms with Crippen molar-refractivity contribution in [2.75, 3.05) is 7.11 Å². The van der Waals surface area contributed by atoms with E-state index in [1.165, 1.54) is 31.4 Å². The smallest absolute Gasteiger partial charge is 0.349 e. The van der Waals surface area contributed by atoms with Crippen LogP contribution in [-0.2, 0) is 18.4 Å². The summed E-state index contributed by atoms with van der Waals surface area (Å²) in [6.07, 6.45) is 10.2. The lowest BCUT2D eigenvalue weighted by Crippen LogP contribution is -2.28. The number of rotatable bonds is 9. The van der Waals surface area contributed by atoms with Crippen LogP contribution in [0.4, 0.5) is 0 Å². The van der Waals surface area contributed by atoms with Crippen molar-refractivity contribution in [3.8, 4) is 17.2 Å². The fourth-order valence-electron chi connectivity index (χ4n) is 3.19. The van der Waals surface area contributed by atoms with Crippen LogP contribution in [0.1, 0.15) is 27.0 Å². The van der Waals surface area contributed by atoms with Crippen molar-refractivity contribution in [2.24, 2.45) is 7.05 Å². The number of hydrogen-bond donors (Lipinski definition) is 3. The Morgan fingerprint density at radius 3 is 2.44 bits per heavy atom. The van der Waals surface area contributed by atoms with Gasteiger partial charge >= 0.3 is 5.97 Å². The summed E-state index contributed by atoms with van der Waals surface area (Å²) in [6, 6.07) is 12.8. The first-order valence-electron chi connectivity index (χ1n) is 10.9. The Morgan fingerprint density at radius 2 is 1.72 bits per heavy atom. The van der Waals surface area contributed by atoms with Gasteiger partial charge in [0.15, 0.2) is 29.7 Å². The number of aliphatic hydroxyl groups excluding tert-OH is 2. The van der Waals surface area contributed by atoms with Crippen molar-refractivity contribution in [2.45, 2.75) is 6.61 Å². The van der Waals surface area contributed by atoms with Crippen molar-refractivity contribution in [3.05, 3.63) is 107 Å². The van der Waals surface area contributed by atoms with Crippen molar-refractivity contribution >= 4 is 23.9 Å². The van der Waals surface area contributed by atoms with Crippen molar-refractivity contribution in [3.63, 3.8) is 0 Å². The number of carbonyl (C=O) groups excluding carboxylic acids is 2. The van der Waals surface area contributed by atoms with Crippen LogP contribution < -0.4 is 14.0 Å². The molecule has 8 nitrogen and oxygen atoms in total. The van der Waals surface area contributed by atoms with E-state index in [9.17, 15) is 24.9 Å². The Kier molecular flexibility index (Phi) is 8.74. The van der Waals surface area contributed by atoms with Gasteiger partial charge in [-0.1, -0.05) is 24.3 Å². The second-order valence-electron chi connectivity index (χ2n) is 7.74. The van der Waals surface area contributed by atoms with E-state index in [1.807, 2.05) is 0 Å². The highest BCUT2D eigenvalue weighted by atomic mass is 16.5. The zero-order valence-electron chi connectivity index (χ0n) is 19.8. The summed E-state index contributed by atoms with van der Waals surface area (Å²) < 4.78 is 12.2. The number of ketones is 1. The molecular weight excluding hydrogens is 462 g/mol. The second-order valence-corrected chi connectivity index (χ2v) is 7.74. The number of benzene rings is 2. The summed E-state index contributed by atoms with van der Waals surface area (Å²) in [5.41, 5.74) is 2.01. The molecule has 2 aromatic carbocycles. The fraction of sp³-hybridized carbons (Fsp3) is 0.107. The Balaban J connectivity index is 1.66. The number of aromatic hydroxyl groups is 1. The molecule has 1 heterocycles. The molecule has 0 saturated heterocycles. The van der Waals surface area contributed by atoms with Crippen LogP contribution in [0.2, 0.25) is 0 Å². The van der Waals surface area contributed by atoms with Gasteiger partial charge in [0.2, 0.25) is 0 Å². The molecule has 0 radical (unpaired) electrons. The van der Waals surface area contributed by atoms with Crippen LogP contribution in [0.5, 0.6) is 17.2 Å². The molecule has 0 unspecified atom stereocenters. The summed E-state index contributed by atoms with van der Waals surface area (Å²) in [4.78, 5) is 24.5. The minimum atomic E-state index is -0.554. The number of pyridine rings is 1. The molecule has 36 heavy (non-hydrogen) atoms. The van der Waals surface area contributed by atoms with E-state index in [-0.39, 0.29) is 29.6 Å². The molecule has 0 fully saturated rings. The number of hydrogen-bond acceptors (Lipinski definition) is 7. The van der Waals surface area contributed by atoms with Crippen LogP contribution in [0.3, 0.4) is 0 Å². The van der Waals surface area contributed by atoms with Gasteiger partial charge in [-0.15, -0.1) is 0 Å². The molecule has 184 valence electrons. The number of phenols is 1. The number of allylic oxidation sites excluding steroid dienone is 3. The number of nitrogens with zero attached hydrogens (tertiary/aromatic N) is 1. The molecule has 0 bridgehead atoms. The minimum absolute atomic E-state index is 0.00965. The van der Waals surface area contributed by atoms with Crippen molar-refractivity contribution in [1.29, 1.82) is 0 Å². The van der Waals surface area contributed by atoms with Crippen LogP contribution in [0.25, 0.3) is 12.2 Å². The molecule has 0 spiro atoms. The molecule has 0 saturated carbocycles. The van der Waals surface area contributed by atoms with E-state index in [4.69, 9.17) is 9.47 Å². The van der Waals surface area contributed by atoms with Gasteiger partial charge in [0, 0.05) is 17.7 Å². The zero-order chi connectivity index (χ0) is 26.1. The quantitative estimate of drug-likeness (QED) is 0.105. The SMILES string of the molecule is COc1cc(/C=C/C(=O)C=C(O)/C=C/c2ccc(OC(=O)c3ccc[n+](C)c3)c(CO)c2)ccc1O. The van der Waals surface area contributed by atoms with E-state index < -0.39 is 11.8 Å². The first-order valence-corrected chi connectivity index (χ1v) is 10.9. The third-order valence-corrected chi connectivity index (χ3v) is 5.01. The number of esters is 1. The van der Waals surface area contributed by atoms with Gasteiger partial charge in [0.1, 0.15) is 24.1 Å². The van der Waals surface area contributed by atoms with Crippen molar-refractivity contribution < 1.29 is 38.9 Å². The third-order valence-electron chi connectivity index (χ3n) is 5.01. The van der Waals surface area contributed by atoms with E-state index >= 15 is 0 Å². The monoisotopic (exact) mass is 488 g/mol. The van der Waals surface area contributed by atoms with Gasteiger partial charge < -0.3 is 24.8 Å². The molecule has 0 aliphatic rings. The molecule has 8 heteroatoms. The average Bonchev–Trinajstić information content (AvgIpc) is 2.87. The maximum absolute atomic E-state index is 12.4. The van der Waals surface area contributed by atoms with Crippen LogP contribution in [0, 0.1) is 0 Å². The number of aliphatic hydroxyl groups is 2. The first-order chi connectivity index (χ1) is 17.3. The number of aryl methyl sites for hydroxylation is 1. The Bertz CT molecular complexity index is 1360.